The Morgan fingerprint density at radius 3 is 2.86 bits per heavy atom. The first-order chi connectivity index (χ1) is 10.0. The highest BCUT2D eigenvalue weighted by Gasteiger charge is 2.13. The summed E-state index contributed by atoms with van der Waals surface area (Å²) < 4.78 is 1.33. The molecular formula is C14H16N4O3. The molecule has 0 aliphatic rings. The Bertz CT molecular complexity index is 724. The fraction of sp³-hybridized carbons (Fsp3) is 0.286. The minimum atomic E-state index is -0.484. The summed E-state index contributed by atoms with van der Waals surface area (Å²) in [6.07, 6.45) is 2.92. The molecule has 110 valence electrons. The summed E-state index contributed by atoms with van der Waals surface area (Å²) in [6, 6.07) is 4.88. The van der Waals surface area contributed by atoms with Gasteiger partial charge >= 0.3 is 0 Å². The maximum absolute atomic E-state index is 11.9. The van der Waals surface area contributed by atoms with Crippen molar-refractivity contribution in [2.75, 3.05) is 11.9 Å². The first kappa shape index (κ1) is 14.7. The van der Waals surface area contributed by atoms with Gasteiger partial charge in [-0.15, -0.1) is 0 Å². The average molecular weight is 288 g/mol. The van der Waals surface area contributed by atoms with Crippen LogP contribution in [0.15, 0.2) is 35.4 Å². The number of rotatable bonds is 5. The molecule has 0 aliphatic carbocycles. The third-order valence-corrected chi connectivity index (χ3v) is 3.04. The van der Waals surface area contributed by atoms with Crippen molar-refractivity contribution in [2.45, 2.75) is 20.4 Å². The summed E-state index contributed by atoms with van der Waals surface area (Å²) in [5.41, 5.74) is 0.890. The molecule has 2 aromatic heterocycles. The van der Waals surface area contributed by atoms with Crippen LogP contribution < -0.4 is 10.9 Å². The molecule has 0 saturated carbocycles. The van der Waals surface area contributed by atoms with Crippen LogP contribution in [-0.4, -0.2) is 21.0 Å². The lowest BCUT2D eigenvalue weighted by atomic mass is 10.2. The van der Waals surface area contributed by atoms with E-state index in [2.05, 4.69) is 10.3 Å². The molecule has 0 spiro atoms. The van der Waals surface area contributed by atoms with Gasteiger partial charge in [0.1, 0.15) is 5.82 Å². The van der Waals surface area contributed by atoms with Crippen molar-refractivity contribution in [1.82, 2.24) is 9.55 Å². The fourth-order valence-corrected chi connectivity index (χ4v) is 2.02. The van der Waals surface area contributed by atoms with Gasteiger partial charge in [0, 0.05) is 24.4 Å². The highest BCUT2D eigenvalue weighted by atomic mass is 16.6. The number of hydrogen-bond acceptors (Lipinski definition) is 5. The molecule has 1 N–H and O–H groups in total. The van der Waals surface area contributed by atoms with Crippen molar-refractivity contribution in [3.05, 3.63) is 62.2 Å². The van der Waals surface area contributed by atoms with Crippen LogP contribution >= 0.6 is 0 Å². The topological polar surface area (TPSA) is 90.1 Å². The lowest BCUT2D eigenvalue weighted by molar-refractivity contribution is -0.385. The lowest BCUT2D eigenvalue weighted by Gasteiger charge is -2.08. The molecule has 0 aromatic carbocycles. The van der Waals surface area contributed by atoms with E-state index >= 15 is 0 Å². The van der Waals surface area contributed by atoms with E-state index in [1.165, 1.54) is 16.8 Å². The minimum absolute atomic E-state index is 0.0597. The number of aryl methyl sites for hydroxylation is 1. The SMILES string of the molecule is CCNc1cc(Cn2cc([N+](=O)[O-])c(C)cc2=O)ccn1. The Morgan fingerprint density at radius 1 is 1.43 bits per heavy atom. The van der Waals surface area contributed by atoms with E-state index in [-0.39, 0.29) is 17.8 Å². The van der Waals surface area contributed by atoms with Crippen LogP contribution in [0, 0.1) is 17.0 Å². The van der Waals surface area contributed by atoms with E-state index in [1.54, 1.807) is 19.2 Å². The summed E-state index contributed by atoms with van der Waals surface area (Å²) >= 11 is 0. The summed E-state index contributed by atoms with van der Waals surface area (Å²) in [5.74, 6) is 0.713. The van der Waals surface area contributed by atoms with Crippen LogP contribution in [0.3, 0.4) is 0 Å². The van der Waals surface area contributed by atoms with Crippen molar-refractivity contribution in [3.8, 4) is 0 Å². The lowest BCUT2D eigenvalue weighted by Crippen LogP contribution is -2.20. The first-order valence-corrected chi connectivity index (χ1v) is 6.55. The molecule has 2 heterocycles. The first-order valence-electron chi connectivity index (χ1n) is 6.55. The van der Waals surface area contributed by atoms with Crippen molar-refractivity contribution in [3.63, 3.8) is 0 Å². The zero-order valence-electron chi connectivity index (χ0n) is 11.9. The van der Waals surface area contributed by atoms with Gasteiger partial charge in [-0.3, -0.25) is 14.9 Å². The molecule has 0 atom stereocenters. The van der Waals surface area contributed by atoms with Crippen LogP contribution in [0.4, 0.5) is 11.5 Å². The average Bonchev–Trinajstić information content (AvgIpc) is 2.42. The summed E-state index contributed by atoms with van der Waals surface area (Å²) in [5, 5.41) is 14.0. The Morgan fingerprint density at radius 2 is 2.19 bits per heavy atom. The zero-order valence-corrected chi connectivity index (χ0v) is 11.9. The highest BCUT2D eigenvalue weighted by Crippen LogP contribution is 2.15. The van der Waals surface area contributed by atoms with Crippen LogP contribution in [0.25, 0.3) is 0 Å². The summed E-state index contributed by atoms with van der Waals surface area (Å²) in [6.45, 7) is 4.52. The number of pyridine rings is 2. The van der Waals surface area contributed by atoms with Crippen molar-refractivity contribution in [2.24, 2.45) is 0 Å². The van der Waals surface area contributed by atoms with E-state index < -0.39 is 4.92 Å². The quantitative estimate of drug-likeness (QED) is 0.670. The van der Waals surface area contributed by atoms with Crippen LogP contribution in [-0.2, 0) is 6.54 Å². The molecule has 7 nitrogen and oxygen atoms in total. The van der Waals surface area contributed by atoms with E-state index in [4.69, 9.17) is 0 Å². The van der Waals surface area contributed by atoms with E-state index in [0.717, 1.165) is 12.1 Å². The number of anilines is 1. The second-order valence-corrected chi connectivity index (χ2v) is 4.64. The summed E-state index contributed by atoms with van der Waals surface area (Å²) in [7, 11) is 0. The molecule has 7 heteroatoms. The Hall–Kier alpha value is -2.70. The Balaban J connectivity index is 2.35. The van der Waals surface area contributed by atoms with Gasteiger partial charge < -0.3 is 9.88 Å². The maximum atomic E-state index is 11.9. The second kappa shape index (κ2) is 6.17. The molecule has 0 amide bonds. The fourth-order valence-electron chi connectivity index (χ4n) is 2.02. The minimum Gasteiger partial charge on any atom is -0.370 e. The smallest absolute Gasteiger partial charge is 0.288 e. The third kappa shape index (κ3) is 3.44. The Labute approximate surface area is 121 Å². The third-order valence-electron chi connectivity index (χ3n) is 3.04. The van der Waals surface area contributed by atoms with E-state index in [0.29, 0.717) is 11.4 Å². The van der Waals surface area contributed by atoms with Gasteiger partial charge in [0.15, 0.2) is 0 Å². The maximum Gasteiger partial charge on any atom is 0.288 e. The highest BCUT2D eigenvalue weighted by molar-refractivity contribution is 5.39. The molecule has 0 unspecified atom stereocenters. The number of hydrogen-bond donors (Lipinski definition) is 1. The van der Waals surface area contributed by atoms with Gasteiger partial charge in [-0.2, -0.15) is 0 Å². The van der Waals surface area contributed by atoms with Crippen LogP contribution in [0.2, 0.25) is 0 Å². The molecule has 0 saturated heterocycles. The van der Waals surface area contributed by atoms with Gasteiger partial charge in [0.2, 0.25) is 0 Å². The van der Waals surface area contributed by atoms with Gasteiger partial charge in [-0.05, 0) is 31.5 Å². The largest absolute Gasteiger partial charge is 0.370 e. The number of aromatic nitrogens is 2. The van der Waals surface area contributed by atoms with Crippen molar-refractivity contribution in [1.29, 1.82) is 0 Å². The van der Waals surface area contributed by atoms with Gasteiger partial charge in [-0.25, -0.2) is 4.98 Å². The van der Waals surface area contributed by atoms with Crippen molar-refractivity contribution < 1.29 is 4.92 Å². The molecule has 0 radical (unpaired) electrons. The zero-order chi connectivity index (χ0) is 15.4. The molecule has 21 heavy (non-hydrogen) atoms. The van der Waals surface area contributed by atoms with Crippen molar-refractivity contribution >= 4 is 11.5 Å². The van der Waals surface area contributed by atoms with Crippen LogP contribution in [0.1, 0.15) is 18.1 Å². The molecule has 0 aliphatic heterocycles. The molecule has 0 bridgehead atoms. The predicted molar refractivity (Wildman–Crippen MR) is 79.6 cm³/mol. The monoisotopic (exact) mass is 288 g/mol. The van der Waals surface area contributed by atoms with Crippen LogP contribution in [0.5, 0.6) is 0 Å². The van der Waals surface area contributed by atoms with E-state index in [1.807, 2.05) is 13.0 Å². The number of nitro groups is 1. The normalized spacial score (nSPS) is 10.4. The van der Waals surface area contributed by atoms with E-state index in [9.17, 15) is 14.9 Å². The van der Waals surface area contributed by atoms with Gasteiger partial charge in [-0.1, -0.05) is 0 Å². The van der Waals surface area contributed by atoms with Gasteiger partial charge in [0.25, 0.3) is 11.2 Å². The number of nitrogens with zero attached hydrogens (tertiary/aromatic N) is 3. The Kier molecular flexibility index (Phi) is 4.32. The molecule has 2 aromatic rings. The van der Waals surface area contributed by atoms with Gasteiger partial charge in [0.05, 0.1) is 17.7 Å². The standard InChI is InChI=1S/C14H16N4O3/c1-3-15-13-7-11(4-5-16-13)8-17-9-12(18(20)21)10(2)6-14(17)19/h4-7,9H,3,8H2,1-2H3,(H,15,16). The molecule has 2 rings (SSSR count). The molecule has 0 fully saturated rings. The predicted octanol–water partition coefficient (Wildman–Crippen LogP) is 1.94. The summed E-state index contributed by atoms with van der Waals surface area (Å²) in [4.78, 5) is 26.5. The second-order valence-electron chi connectivity index (χ2n) is 4.64. The number of nitrogens with one attached hydrogen (secondary N) is 1. The molecular weight excluding hydrogens is 272 g/mol.